The monoisotopic (exact) mass is 333 g/mol. The molecule has 2 heterocycles. The van der Waals surface area contributed by atoms with Crippen LogP contribution in [0.2, 0.25) is 0 Å². The summed E-state index contributed by atoms with van der Waals surface area (Å²) in [5, 5.41) is 10.1. The zero-order chi connectivity index (χ0) is 16.6. The number of nitrogens with zero attached hydrogens (tertiary/aromatic N) is 3. The van der Waals surface area contributed by atoms with Gasteiger partial charge < -0.3 is 14.6 Å². The molecule has 0 saturated carbocycles. The molecule has 0 saturated heterocycles. The van der Waals surface area contributed by atoms with Crippen molar-refractivity contribution in [2.75, 3.05) is 6.79 Å². The Balaban J connectivity index is 1.87. The number of ether oxygens (including phenoxy) is 2. The van der Waals surface area contributed by atoms with E-state index in [0.717, 1.165) is 5.56 Å². The Morgan fingerprint density at radius 2 is 2.04 bits per heavy atom. The van der Waals surface area contributed by atoms with Crippen LogP contribution in [0.25, 0.3) is 0 Å². The summed E-state index contributed by atoms with van der Waals surface area (Å²) in [5.74, 6) is 1.18. The highest BCUT2D eigenvalue weighted by molar-refractivity contribution is 7.71. The first-order valence-corrected chi connectivity index (χ1v) is 7.27. The highest BCUT2D eigenvalue weighted by Crippen LogP contribution is 2.32. The highest BCUT2D eigenvalue weighted by atomic mass is 32.1. The Kier molecular flexibility index (Phi) is 3.91. The Labute approximate surface area is 137 Å². The van der Waals surface area contributed by atoms with Crippen LogP contribution in [0.4, 0.5) is 0 Å². The van der Waals surface area contributed by atoms with Crippen molar-refractivity contribution in [3.63, 3.8) is 0 Å². The number of fused-ring (bicyclic) bond motifs is 1. The van der Waals surface area contributed by atoms with Gasteiger partial charge >= 0.3 is 0 Å². The second-order valence-corrected chi connectivity index (χ2v) is 5.47. The molecule has 3 rings (SSSR count). The SMILES string of the molecule is Cn1c(O)c(C=NCc2ccc3c(c2)OCO3)c(=O)n(C)c1=S. The van der Waals surface area contributed by atoms with E-state index < -0.39 is 0 Å². The molecule has 1 aromatic carbocycles. The van der Waals surface area contributed by atoms with E-state index in [4.69, 9.17) is 21.7 Å². The van der Waals surface area contributed by atoms with Crippen LogP contribution in [0.1, 0.15) is 11.1 Å². The van der Waals surface area contributed by atoms with Gasteiger partial charge in [0.25, 0.3) is 5.56 Å². The van der Waals surface area contributed by atoms with Crippen LogP contribution < -0.4 is 15.0 Å². The molecule has 7 nitrogen and oxygen atoms in total. The van der Waals surface area contributed by atoms with Crippen LogP contribution in [-0.2, 0) is 20.6 Å². The van der Waals surface area contributed by atoms with E-state index >= 15 is 0 Å². The van der Waals surface area contributed by atoms with Gasteiger partial charge in [-0.25, -0.2) is 0 Å². The average Bonchev–Trinajstić information content (AvgIpc) is 3.02. The molecule has 0 fully saturated rings. The number of rotatable bonds is 3. The van der Waals surface area contributed by atoms with Gasteiger partial charge in [-0.15, -0.1) is 0 Å². The van der Waals surface area contributed by atoms with Gasteiger partial charge in [0.15, 0.2) is 16.3 Å². The predicted molar refractivity (Wildman–Crippen MR) is 87.0 cm³/mol. The van der Waals surface area contributed by atoms with Crippen molar-refractivity contribution in [3.8, 4) is 17.4 Å². The third-order valence-electron chi connectivity index (χ3n) is 3.60. The van der Waals surface area contributed by atoms with E-state index in [2.05, 4.69) is 4.99 Å². The maximum atomic E-state index is 12.2. The zero-order valence-electron chi connectivity index (χ0n) is 12.6. The maximum absolute atomic E-state index is 12.2. The molecule has 0 radical (unpaired) electrons. The Bertz CT molecular complexity index is 914. The fourth-order valence-corrected chi connectivity index (χ4v) is 2.42. The van der Waals surface area contributed by atoms with Crippen LogP contribution >= 0.6 is 12.2 Å². The number of benzene rings is 1. The number of aromatic nitrogens is 2. The highest BCUT2D eigenvalue weighted by Gasteiger charge is 2.13. The first-order valence-electron chi connectivity index (χ1n) is 6.86. The summed E-state index contributed by atoms with van der Waals surface area (Å²) < 4.78 is 13.4. The first kappa shape index (κ1) is 15.3. The van der Waals surface area contributed by atoms with E-state index in [1.807, 2.05) is 18.2 Å². The molecule has 120 valence electrons. The van der Waals surface area contributed by atoms with Crippen LogP contribution in [0.5, 0.6) is 17.4 Å². The molecule has 1 aliphatic rings. The number of aromatic hydroxyl groups is 1. The normalized spacial score (nSPS) is 13.0. The van der Waals surface area contributed by atoms with Gasteiger partial charge in [0.1, 0.15) is 5.56 Å². The first-order chi connectivity index (χ1) is 11.0. The van der Waals surface area contributed by atoms with Gasteiger partial charge in [0.05, 0.1) is 6.54 Å². The summed E-state index contributed by atoms with van der Waals surface area (Å²) in [6.45, 7) is 0.564. The smallest absolute Gasteiger partial charge is 0.266 e. The van der Waals surface area contributed by atoms with E-state index in [0.29, 0.717) is 18.0 Å². The summed E-state index contributed by atoms with van der Waals surface area (Å²) in [4.78, 5) is 16.4. The lowest BCUT2D eigenvalue weighted by molar-refractivity contribution is 0.174. The van der Waals surface area contributed by atoms with Gasteiger partial charge in [0.2, 0.25) is 12.7 Å². The summed E-state index contributed by atoms with van der Waals surface area (Å²) in [6.07, 6.45) is 1.36. The summed E-state index contributed by atoms with van der Waals surface area (Å²) in [6, 6.07) is 5.52. The summed E-state index contributed by atoms with van der Waals surface area (Å²) in [7, 11) is 3.14. The Morgan fingerprint density at radius 3 is 2.83 bits per heavy atom. The fraction of sp³-hybridized carbons (Fsp3) is 0.267. The number of aliphatic imine (C=N–C) groups is 1. The molecule has 23 heavy (non-hydrogen) atoms. The molecule has 0 atom stereocenters. The van der Waals surface area contributed by atoms with Crippen molar-refractivity contribution in [2.24, 2.45) is 19.1 Å². The Morgan fingerprint density at radius 1 is 1.30 bits per heavy atom. The standard InChI is InChI=1S/C15H15N3O4S/c1-17-13(19)10(14(20)18(2)15(17)23)7-16-6-9-3-4-11-12(5-9)22-8-21-11/h3-5,7,19H,6,8H2,1-2H3. The van der Waals surface area contributed by atoms with Crippen molar-refractivity contribution < 1.29 is 14.6 Å². The lowest BCUT2D eigenvalue weighted by atomic mass is 10.2. The quantitative estimate of drug-likeness (QED) is 0.680. The molecule has 2 aromatic rings. The molecule has 8 heteroatoms. The number of hydrogen-bond donors (Lipinski definition) is 1. The topological polar surface area (TPSA) is 78.0 Å². The molecule has 1 N–H and O–H groups in total. The summed E-state index contributed by atoms with van der Waals surface area (Å²) >= 11 is 5.06. The third kappa shape index (κ3) is 2.72. The largest absolute Gasteiger partial charge is 0.494 e. The zero-order valence-corrected chi connectivity index (χ0v) is 13.5. The molecule has 0 amide bonds. The minimum atomic E-state index is -0.389. The maximum Gasteiger partial charge on any atom is 0.266 e. The molecule has 0 unspecified atom stereocenters. The van der Waals surface area contributed by atoms with Crippen molar-refractivity contribution in [1.29, 1.82) is 0 Å². The minimum Gasteiger partial charge on any atom is -0.494 e. The second-order valence-electron chi connectivity index (χ2n) is 5.10. The molecule has 0 bridgehead atoms. The van der Waals surface area contributed by atoms with E-state index in [1.165, 1.54) is 15.3 Å². The molecule has 1 aromatic heterocycles. The van der Waals surface area contributed by atoms with E-state index in [9.17, 15) is 9.90 Å². The van der Waals surface area contributed by atoms with Crippen LogP contribution in [0.3, 0.4) is 0 Å². The van der Waals surface area contributed by atoms with Crippen molar-refractivity contribution in [2.45, 2.75) is 6.54 Å². The molecular formula is C15H15N3O4S. The van der Waals surface area contributed by atoms with Crippen molar-refractivity contribution >= 4 is 18.4 Å². The number of hydrogen-bond acceptors (Lipinski definition) is 6. The van der Waals surface area contributed by atoms with Gasteiger partial charge in [-0.05, 0) is 29.9 Å². The minimum absolute atomic E-state index is 0.101. The van der Waals surface area contributed by atoms with Crippen LogP contribution in [0, 0.1) is 4.77 Å². The average molecular weight is 333 g/mol. The van der Waals surface area contributed by atoms with E-state index in [1.54, 1.807) is 14.1 Å². The van der Waals surface area contributed by atoms with Gasteiger partial charge in [0, 0.05) is 20.3 Å². The van der Waals surface area contributed by atoms with Crippen LogP contribution in [-0.4, -0.2) is 27.2 Å². The van der Waals surface area contributed by atoms with E-state index in [-0.39, 0.29) is 28.6 Å². The van der Waals surface area contributed by atoms with Gasteiger partial charge in [-0.1, -0.05) is 6.07 Å². The fourth-order valence-electron chi connectivity index (χ4n) is 2.25. The third-order valence-corrected chi connectivity index (χ3v) is 4.15. The Hall–Kier alpha value is -2.61. The molecule has 0 spiro atoms. The van der Waals surface area contributed by atoms with Gasteiger partial charge in [-0.2, -0.15) is 0 Å². The molecular weight excluding hydrogens is 318 g/mol. The summed E-state index contributed by atoms with van der Waals surface area (Å²) in [5.41, 5.74) is 0.621. The van der Waals surface area contributed by atoms with Crippen molar-refractivity contribution in [3.05, 3.63) is 44.5 Å². The van der Waals surface area contributed by atoms with Crippen LogP contribution in [0.15, 0.2) is 28.0 Å². The predicted octanol–water partition coefficient (Wildman–Crippen LogP) is 1.51. The lowest BCUT2D eigenvalue weighted by Gasteiger charge is -2.09. The molecule has 0 aliphatic carbocycles. The lowest BCUT2D eigenvalue weighted by Crippen LogP contribution is -2.25. The molecule has 1 aliphatic heterocycles. The van der Waals surface area contributed by atoms with Gasteiger partial charge in [-0.3, -0.25) is 18.9 Å². The van der Waals surface area contributed by atoms with Crippen molar-refractivity contribution in [1.82, 2.24) is 9.13 Å². The second kappa shape index (κ2) is 5.88.